The molecule has 1 aromatic rings. The molecule has 0 bridgehead atoms. The van der Waals surface area contributed by atoms with E-state index >= 15 is 0 Å². The zero-order valence-electron chi connectivity index (χ0n) is 17.1. The Hall–Kier alpha value is -2.24. The highest BCUT2D eigenvalue weighted by molar-refractivity contribution is 5.81. The highest BCUT2D eigenvalue weighted by atomic mass is 16.5. The summed E-state index contributed by atoms with van der Waals surface area (Å²) in [7, 11) is 1.73. The highest BCUT2D eigenvalue weighted by Crippen LogP contribution is 2.30. The Morgan fingerprint density at radius 3 is 2.78 bits per heavy atom. The van der Waals surface area contributed by atoms with Crippen molar-refractivity contribution >= 4 is 11.9 Å². The van der Waals surface area contributed by atoms with E-state index in [2.05, 4.69) is 53.0 Å². The standard InChI is InChI=1S/C21H34N4O2/c1-5-16(3)25-20(26)10-11-23-21(22-4)24-13-18-9-6-15(2)12-19(18)27-14-17-7-8-17/h6,9,12,16-17H,5,7-8,10-11,13-14H2,1-4H3,(H,25,26)(H2,22,23,24). The fourth-order valence-corrected chi connectivity index (χ4v) is 2.58. The number of carbonyl (C=O) groups excluding carboxylic acids is 1. The van der Waals surface area contributed by atoms with Crippen molar-refractivity contribution in [3.05, 3.63) is 29.3 Å². The van der Waals surface area contributed by atoms with Crippen LogP contribution in [0.15, 0.2) is 23.2 Å². The third kappa shape index (κ3) is 7.89. The van der Waals surface area contributed by atoms with E-state index in [1.54, 1.807) is 7.05 Å². The van der Waals surface area contributed by atoms with Gasteiger partial charge in [0, 0.05) is 38.2 Å². The van der Waals surface area contributed by atoms with Crippen molar-refractivity contribution in [3.8, 4) is 5.75 Å². The number of nitrogens with one attached hydrogen (secondary N) is 3. The topological polar surface area (TPSA) is 74.8 Å². The molecule has 0 saturated heterocycles. The second-order valence-corrected chi connectivity index (χ2v) is 7.34. The third-order valence-corrected chi connectivity index (χ3v) is 4.73. The van der Waals surface area contributed by atoms with Gasteiger partial charge < -0.3 is 20.7 Å². The number of hydrogen-bond acceptors (Lipinski definition) is 3. The Morgan fingerprint density at radius 2 is 2.11 bits per heavy atom. The van der Waals surface area contributed by atoms with Crippen molar-refractivity contribution in [1.82, 2.24) is 16.0 Å². The van der Waals surface area contributed by atoms with Crippen LogP contribution >= 0.6 is 0 Å². The number of carbonyl (C=O) groups is 1. The Labute approximate surface area is 163 Å². The molecule has 1 aromatic carbocycles. The van der Waals surface area contributed by atoms with E-state index in [0.29, 0.717) is 25.5 Å². The number of hydrogen-bond donors (Lipinski definition) is 3. The number of rotatable bonds is 10. The van der Waals surface area contributed by atoms with Crippen LogP contribution in [0.5, 0.6) is 5.75 Å². The van der Waals surface area contributed by atoms with E-state index in [-0.39, 0.29) is 11.9 Å². The molecule has 1 unspecified atom stereocenters. The molecule has 2 rings (SSSR count). The summed E-state index contributed by atoms with van der Waals surface area (Å²) in [4.78, 5) is 16.1. The van der Waals surface area contributed by atoms with Crippen LogP contribution in [-0.4, -0.2) is 38.1 Å². The Balaban J connectivity index is 1.78. The number of benzene rings is 1. The van der Waals surface area contributed by atoms with Gasteiger partial charge in [0.05, 0.1) is 6.61 Å². The SMILES string of the molecule is CCC(C)NC(=O)CCNC(=NC)NCc1ccc(C)cc1OCC1CC1. The smallest absolute Gasteiger partial charge is 0.221 e. The summed E-state index contributed by atoms with van der Waals surface area (Å²) in [6.07, 6.45) is 3.91. The largest absolute Gasteiger partial charge is 0.493 e. The van der Waals surface area contributed by atoms with E-state index < -0.39 is 0 Å². The Morgan fingerprint density at radius 1 is 1.33 bits per heavy atom. The second-order valence-electron chi connectivity index (χ2n) is 7.34. The second kappa shape index (κ2) is 10.8. The summed E-state index contributed by atoms with van der Waals surface area (Å²) >= 11 is 0. The van der Waals surface area contributed by atoms with Crippen LogP contribution < -0.4 is 20.7 Å². The lowest BCUT2D eigenvalue weighted by Gasteiger charge is -2.16. The molecule has 0 aliphatic heterocycles. The van der Waals surface area contributed by atoms with E-state index in [4.69, 9.17) is 4.74 Å². The minimum Gasteiger partial charge on any atom is -0.493 e. The molecule has 1 amide bonds. The predicted molar refractivity (Wildman–Crippen MR) is 110 cm³/mol. The normalized spacial score (nSPS) is 15.2. The van der Waals surface area contributed by atoms with Gasteiger partial charge in [-0.2, -0.15) is 0 Å². The minimum absolute atomic E-state index is 0.0570. The summed E-state index contributed by atoms with van der Waals surface area (Å²) in [6.45, 7) is 8.11. The van der Waals surface area contributed by atoms with E-state index in [0.717, 1.165) is 30.3 Å². The van der Waals surface area contributed by atoms with Gasteiger partial charge >= 0.3 is 0 Å². The van der Waals surface area contributed by atoms with Crippen LogP contribution in [0.25, 0.3) is 0 Å². The van der Waals surface area contributed by atoms with Crippen molar-refractivity contribution < 1.29 is 9.53 Å². The number of amides is 1. The number of aryl methyl sites for hydroxylation is 1. The lowest BCUT2D eigenvalue weighted by molar-refractivity contribution is -0.121. The van der Waals surface area contributed by atoms with Gasteiger partial charge in [0.1, 0.15) is 5.75 Å². The predicted octanol–water partition coefficient (Wildman–Crippen LogP) is 2.75. The molecule has 0 aromatic heterocycles. The quantitative estimate of drug-likeness (QED) is 0.435. The molecule has 150 valence electrons. The molecule has 6 nitrogen and oxygen atoms in total. The molecule has 0 heterocycles. The summed E-state index contributed by atoms with van der Waals surface area (Å²) in [5, 5.41) is 9.46. The van der Waals surface area contributed by atoms with Crippen molar-refractivity contribution in [1.29, 1.82) is 0 Å². The number of nitrogens with zero attached hydrogens (tertiary/aromatic N) is 1. The summed E-state index contributed by atoms with van der Waals surface area (Å²) in [5.74, 6) is 2.40. The monoisotopic (exact) mass is 374 g/mol. The first kappa shape index (κ1) is 21.1. The molecule has 0 radical (unpaired) electrons. The van der Waals surface area contributed by atoms with Gasteiger partial charge in [-0.3, -0.25) is 9.79 Å². The summed E-state index contributed by atoms with van der Waals surface area (Å²) in [5.41, 5.74) is 2.30. The van der Waals surface area contributed by atoms with Crippen molar-refractivity contribution in [2.75, 3.05) is 20.2 Å². The maximum atomic E-state index is 11.8. The first-order valence-electron chi connectivity index (χ1n) is 9.98. The maximum Gasteiger partial charge on any atom is 0.221 e. The van der Waals surface area contributed by atoms with Crippen LogP contribution in [0.3, 0.4) is 0 Å². The van der Waals surface area contributed by atoms with E-state index in [1.807, 2.05) is 6.92 Å². The van der Waals surface area contributed by atoms with Crippen LogP contribution in [0.4, 0.5) is 0 Å². The zero-order valence-corrected chi connectivity index (χ0v) is 17.1. The summed E-state index contributed by atoms with van der Waals surface area (Å²) < 4.78 is 6.01. The molecule has 0 spiro atoms. The molecule has 27 heavy (non-hydrogen) atoms. The zero-order chi connectivity index (χ0) is 19.6. The molecule has 3 N–H and O–H groups in total. The van der Waals surface area contributed by atoms with Crippen molar-refractivity contribution in [2.45, 2.75) is 59.0 Å². The van der Waals surface area contributed by atoms with Crippen LogP contribution in [-0.2, 0) is 11.3 Å². The van der Waals surface area contributed by atoms with Gasteiger partial charge in [-0.25, -0.2) is 0 Å². The molecule has 1 fully saturated rings. The average molecular weight is 375 g/mol. The third-order valence-electron chi connectivity index (χ3n) is 4.73. The number of ether oxygens (including phenoxy) is 1. The van der Waals surface area contributed by atoms with Gasteiger partial charge in [0.15, 0.2) is 5.96 Å². The lowest BCUT2D eigenvalue weighted by atomic mass is 10.1. The van der Waals surface area contributed by atoms with Crippen molar-refractivity contribution in [2.24, 2.45) is 10.9 Å². The van der Waals surface area contributed by atoms with Gasteiger partial charge in [-0.05, 0) is 50.7 Å². The highest BCUT2D eigenvalue weighted by Gasteiger charge is 2.22. The van der Waals surface area contributed by atoms with Gasteiger partial charge in [-0.15, -0.1) is 0 Å². The maximum absolute atomic E-state index is 11.8. The van der Waals surface area contributed by atoms with Crippen LogP contribution in [0.1, 0.15) is 50.7 Å². The molecule has 1 atom stereocenters. The number of guanidine groups is 1. The molecule has 1 saturated carbocycles. The Bertz CT molecular complexity index is 641. The molecular weight excluding hydrogens is 340 g/mol. The first-order valence-corrected chi connectivity index (χ1v) is 9.98. The molecule has 6 heteroatoms. The molecule has 1 aliphatic rings. The molecule has 1 aliphatic carbocycles. The summed E-state index contributed by atoms with van der Waals surface area (Å²) in [6, 6.07) is 6.49. The van der Waals surface area contributed by atoms with E-state index in [9.17, 15) is 4.79 Å². The molecular formula is C21H34N4O2. The first-order chi connectivity index (χ1) is 13.0. The van der Waals surface area contributed by atoms with E-state index in [1.165, 1.54) is 18.4 Å². The number of aliphatic imine (C=N–C) groups is 1. The minimum atomic E-state index is 0.0570. The van der Waals surface area contributed by atoms with Crippen molar-refractivity contribution in [3.63, 3.8) is 0 Å². The fourth-order valence-electron chi connectivity index (χ4n) is 2.58. The average Bonchev–Trinajstić information content (AvgIpc) is 3.48. The lowest BCUT2D eigenvalue weighted by Crippen LogP contribution is -2.40. The van der Waals surface area contributed by atoms with Gasteiger partial charge in [0.25, 0.3) is 0 Å². The fraction of sp³-hybridized carbons (Fsp3) is 0.619. The van der Waals surface area contributed by atoms with Crippen LogP contribution in [0.2, 0.25) is 0 Å². The van der Waals surface area contributed by atoms with Gasteiger partial charge in [0.2, 0.25) is 5.91 Å². The Kier molecular flexibility index (Phi) is 8.43. The van der Waals surface area contributed by atoms with Crippen LogP contribution in [0, 0.1) is 12.8 Å². The van der Waals surface area contributed by atoms with Gasteiger partial charge in [-0.1, -0.05) is 19.1 Å².